The highest BCUT2D eigenvalue weighted by Gasteiger charge is 2.21. The van der Waals surface area contributed by atoms with Crippen LogP contribution in [0.15, 0.2) is 194 Å². The normalized spacial score (nSPS) is 11.3. The van der Waals surface area contributed by atoms with Crippen molar-refractivity contribution in [1.29, 1.82) is 0 Å². The molecule has 0 spiro atoms. The van der Waals surface area contributed by atoms with E-state index < -0.39 is 0 Å². The quantitative estimate of drug-likeness (QED) is 0.168. The molecule has 0 saturated carbocycles. The first-order chi connectivity index (χ1) is 24.3. The molecule has 2 aromatic heterocycles. The number of nitrogens with zero attached hydrogens (tertiary/aromatic N) is 2. The molecule has 232 valence electrons. The molecule has 0 radical (unpaired) electrons. The molecule has 0 amide bonds. The third-order valence-electron chi connectivity index (χ3n) is 9.25. The second-order valence-corrected chi connectivity index (χ2v) is 13.3. The first-order valence-electron chi connectivity index (χ1n) is 16.6. The lowest BCUT2D eigenvalue weighted by Crippen LogP contribution is -2.10. The molecule has 7 aromatic carbocycles. The average Bonchev–Trinajstić information content (AvgIpc) is 3.80. The van der Waals surface area contributed by atoms with Gasteiger partial charge in [-0.05, 0) is 82.4 Å². The Bertz CT molecular complexity index is 2510. The molecule has 0 fully saturated rings. The minimum absolute atomic E-state index is 1.11. The van der Waals surface area contributed by atoms with Gasteiger partial charge >= 0.3 is 0 Å². The van der Waals surface area contributed by atoms with E-state index in [1.807, 2.05) is 11.3 Å². The smallest absolute Gasteiger partial charge is 0.101 e. The Labute approximate surface area is 290 Å². The average molecular weight is 645 g/mol. The Kier molecular flexibility index (Phi) is 7.38. The summed E-state index contributed by atoms with van der Waals surface area (Å²) < 4.78 is 2.43. The van der Waals surface area contributed by atoms with Gasteiger partial charge < -0.3 is 9.47 Å². The largest absolute Gasteiger partial charge is 0.310 e. The van der Waals surface area contributed by atoms with E-state index in [1.54, 1.807) is 0 Å². The van der Waals surface area contributed by atoms with Gasteiger partial charge in [-0.15, -0.1) is 11.3 Å². The zero-order valence-electron chi connectivity index (χ0n) is 26.8. The predicted octanol–water partition coefficient (Wildman–Crippen LogP) is 13.3. The van der Waals surface area contributed by atoms with Crippen molar-refractivity contribution in [3.63, 3.8) is 0 Å². The van der Waals surface area contributed by atoms with Crippen molar-refractivity contribution < 1.29 is 0 Å². The van der Waals surface area contributed by atoms with Crippen LogP contribution in [0.1, 0.15) is 0 Å². The number of aromatic nitrogens is 1. The molecule has 2 nitrogen and oxygen atoms in total. The van der Waals surface area contributed by atoms with Gasteiger partial charge in [0.15, 0.2) is 0 Å². The third kappa shape index (κ3) is 5.31. The number of hydrogen-bond acceptors (Lipinski definition) is 2. The van der Waals surface area contributed by atoms with Gasteiger partial charge in [0, 0.05) is 27.0 Å². The van der Waals surface area contributed by atoms with Crippen LogP contribution in [0.5, 0.6) is 0 Å². The molecule has 0 aliphatic carbocycles. The summed E-state index contributed by atoms with van der Waals surface area (Å²) in [6.45, 7) is 0. The summed E-state index contributed by atoms with van der Waals surface area (Å²) in [7, 11) is 0. The molecule has 0 aliphatic heterocycles. The SMILES string of the molecule is c1ccc(-c2ccc(-c3ccc(N(c4ccccc4)c4cccc5c4c4ccccc4n5-c4ccc(-c5ccccc5)s4)cc3)cc2)cc1. The molecular weight excluding hydrogens is 613 g/mol. The van der Waals surface area contributed by atoms with E-state index in [2.05, 4.69) is 204 Å². The summed E-state index contributed by atoms with van der Waals surface area (Å²) in [6.07, 6.45) is 0. The van der Waals surface area contributed by atoms with E-state index in [0.717, 1.165) is 17.1 Å². The van der Waals surface area contributed by atoms with Gasteiger partial charge in [0.1, 0.15) is 5.00 Å². The Morgan fingerprint density at radius 3 is 1.55 bits per heavy atom. The van der Waals surface area contributed by atoms with Gasteiger partial charge in [-0.3, -0.25) is 0 Å². The number of thiophene rings is 1. The summed E-state index contributed by atoms with van der Waals surface area (Å²) in [5.74, 6) is 0. The minimum Gasteiger partial charge on any atom is -0.310 e. The summed E-state index contributed by atoms with van der Waals surface area (Å²) >= 11 is 1.83. The standard InChI is InChI=1S/C46H32N2S/c1-4-13-33(14-5-1)34-23-25-35(26-24-34)36-27-29-39(30-28-36)47(38-17-8-3-9-18-38)42-21-12-22-43-46(42)40-19-10-11-20-41(40)48(43)45-32-31-44(49-45)37-15-6-2-7-16-37/h1-32H. The van der Waals surface area contributed by atoms with Crippen LogP contribution < -0.4 is 4.90 Å². The van der Waals surface area contributed by atoms with E-state index in [0.29, 0.717) is 0 Å². The van der Waals surface area contributed by atoms with Crippen LogP contribution in [0.4, 0.5) is 17.1 Å². The maximum absolute atomic E-state index is 2.43. The number of anilines is 3. The van der Waals surface area contributed by atoms with Crippen LogP contribution in [0.2, 0.25) is 0 Å². The fourth-order valence-electron chi connectivity index (χ4n) is 6.92. The van der Waals surface area contributed by atoms with Crippen LogP contribution in [-0.4, -0.2) is 4.57 Å². The molecule has 49 heavy (non-hydrogen) atoms. The molecule has 9 rings (SSSR count). The Morgan fingerprint density at radius 2 is 0.878 bits per heavy atom. The summed E-state index contributed by atoms with van der Waals surface area (Å²) in [4.78, 5) is 3.66. The van der Waals surface area contributed by atoms with Gasteiger partial charge in [0.05, 0.1) is 16.7 Å². The van der Waals surface area contributed by atoms with Crippen molar-refractivity contribution in [2.24, 2.45) is 0 Å². The van der Waals surface area contributed by atoms with Crippen molar-refractivity contribution in [1.82, 2.24) is 4.57 Å². The second kappa shape index (κ2) is 12.5. The predicted molar refractivity (Wildman–Crippen MR) is 210 cm³/mol. The molecule has 9 aromatic rings. The van der Waals surface area contributed by atoms with Crippen LogP contribution in [0.25, 0.3) is 59.5 Å². The molecule has 0 N–H and O–H groups in total. The fraction of sp³-hybridized carbons (Fsp3) is 0. The van der Waals surface area contributed by atoms with E-state index in [-0.39, 0.29) is 0 Å². The minimum atomic E-state index is 1.11. The molecule has 3 heteroatoms. The first kappa shape index (κ1) is 29.0. The van der Waals surface area contributed by atoms with Gasteiger partial charge in [0.25, 0.3) is 0 Å². The number of fused-ring (bicyclic) bond motifs is 3. The fourth-order valence-corrected chi connectivity index (χ4v) is 7.96. The number of para-hydroxylation sites is 2. The van der Waals surface area contributed by atoms with Crippen LogP contribution in [0, 0.1) is 0 Å². The van der Waals surface area contributed by atoms with Crippen LogP contribution in [-0.2, 0) is 0 Å². The topological polar surface area (TPSA) is 8.17 Å². The molecule has 0 unspecified atom stereocenters. The lowest BCUT2D eigenvalue weighted by Gasteiger charge is -2.26. The highest BCUT2D eigenvalue weighted by molar-refractivity contribution is 7.18. The first-order valence-corrected chi connectivity index (χ1v) is 17.4. The second-order valence-electron chi connectivity index (χ2n) is 12.2. The molecule has 0 aliphatic rings. The molecular formula is C46H32N2S. The Balaban J connectivity index is 1.16. The Morgan fingerprint density at radius 1 is 0.367 bits per heavy atom. The van der Waals surface area contributed by atoms with Gasteiger partial charge in [-0.25, -0.2) is 0 Å². The van der Waals surface area contributed by atoms with Gasteiger partial charge in [-0.2, -0.15) is 0 Å². The van der Waals surface area contributed by atoms with E-state index in [1.165, 1.54) is 59.5 Å². The van der Waals surface area contributed by atoms with Crippen molar-refractivity contribution in [3.05, 3.63) is 194 Å². The summed E-state index contributed by atoms with van der Waals surface area (Å²) in [5, 5.41) is 3.67. The molecule has 0 atom stereocenters. The maximum Gasteiger partial charge on any atom is 0.101 e. The third-order valence-corrected chi connectivity index (χ3v) is 10.4. The number of rotatable bonds is 7. The van der Waals surface area contributed by atoms with Crippen LogP contribution in [0.3, 0.4) is 0 Å². The number of benzene rings is 7. The van der Waals surface area contributed by atoms with Crippen molar-refractivity contribution in [2.45, 2.75) is 0 Å². The molecule has 0 bridgehead atoms. The maximum atomic E-state index is 2.43. The van der Waals surface area contributed by atoms with Crippen molar-refractivity contribution >= 4 is 50.2 Å². The van der Waals surface area contributed by atoms with E-state index >= 15 is 0 Å². The highest BCUT2D eigenvalue weighted by Crippen LogP contribution is 2.45. The highest BCUT2D eigenvalue weighted by atomic mass is 32.1. The van der Waals surface area contributed by atoms with Crippen molar-refractivity contribution in [2.75, 3.05) is 4.90 Å². The van der Waals surface area contributed by atoms with Gasteiger partial charge in [-0.1, -0.05) is 140 Å². The zero-order chi connectivity index (χ0) is 32.6. The zero-order valence-corrected chi connectivity index (χ0v) is 27.6. The summed E-state index contributed by atoms with van der Waals surface area (Å²) in [6, 6.07) is 69.7. The van der Waals surface area contributed by atoms with E-state index in [4.69, 9.17) is 0 Å². The Hall–Kier alpha value is -6.16. The van der Waals surface area contributed by atoms with Crippen molar-refractivity contribution in [3.8, 4) is 37.7 Å². The monoisotopic (exact) mass is 644 g/mol. The molecule has 0 saturated heterocycles. The lowest BCUT2D eigenvalue weighted by atomic mass is 10.00. The lowest BCUT2D eigenvalue weighted by molar-refractivity contribution is 1.22. The van der Waals surface area contributed by atoms with Gasteiger partial charge in [0.2, 0.25) is 0 Å². The number of hydrogen-bond donors (Lipinski definition) is 0. The van der Waals surface area contributed by atoms with E-state index in [9.17, 15) is 0 Å². The molecule has 2 heterocycles. The van der Waals surface area contributed by atoms with Crippen LogP contribution >= 0.6 is 11.3 Å². The summed E-state index contributed by atoms with van der Waals surface area (Å²) in [5.41, 5.74) is 11.9.